The summed E-state index contributed by atoms with van der Waals surface area (Å²) in [5.74, 6) is 0.900. The van der Waals surface area contributed by atoms with Crippen molar-refractivity contribution in [3.63, 3.8) is 0 Å². The number of ether oxygens (including phenoxy) is 1. The minimum Gasteiger partial charge on any atom is -0.494 e. The van der Waals surface area contributed by atoms with Crippen LogP contribution in [0.2, 0.25) is 5.02 Å². The second-order valence-electron chi connectivity index (χ2n) is 4.44. The normalized spacial score (nSPS) is 21.4. The number of hydrogen-bond donors (Lipinski definition) is 0. The topological polar surface area (TPSA) is 29.5 Å². The maximum Gasteiger partial charge on any atom is 0.258 e. The highest BCUT2D eigenvalue weighted by molar-refractivity contribution is 6.31. The number of nitrogens with zero attached hydrogens (tertiary/aromatic N) is 1. The molecule has 1 atom stereocenters. The van der Waals surface area contributed by atoms with Crippen LogP contribution >= 0.6 is 11.6 Å². The summed E-state index contributed by atoms with van der Waals surface area (Å²) in [6, 6.07) is 5.57. The lowest BCUT2D eigenvalue weighted by molar-refractivity contribution is 0.0726. The average Bonchev–Trinajstić information content (AvgIpc) is 2.93. The van der Waals surface area contributed by atoms with Crippen molar-refractivity contribution in [3.8, 4) is 0 Å². The van der Waals surface area contributed by atoms with Crippen LogP contribution in [-0.4, -0.2) is 23.5 Å². The molecule has 1 aromatic carbocycles. The van der Waals surface area contributed by atoms with Gasteiger partial charge in [0.1, 0.15) is 12.4 Å². The molecule has 3 rings (SSSR count). The Hall–Kier alpha value is -1.48. The Bertz CT molecular complexity index is 524. The van der Waals surface area contributed by atoms with Crippen LogP contribution in [0.15, 0.2) is 30.2 Å². The van der Waals surface area contributed by atoms with Crippen LogP contribution in [-0.2, 0) is 4.74 Å². The van der Waals surface area contributed by atoms with Gasteiger partial charge in [0, 0.05) is 23.2 Å². The highest BCUT2D eigenvalue weighted by Gasteiger charge is 2.36. The number of aryl methyl sites for hydroxylation is 1. The summed E-state index contributed by atoms with van der Waals surface area (Å²) in [5.41, 5.74) is 1.61. The molecule has 2 aliphatic heterocycles. The molecule has 3 nitrogen and oxygen atoms in total. The van der Waals surface area contributed by atoms with Gasteiger partial charge in [0.05, 0.1) is 6.04 Å². The lowest BCUT2D eigenvalue weighted by Gasteiger charge is -2.22. The Morgan fingerprint density at radius 2 is 2.35 bits per heavy atom. The molecule has 17 heavy (non-hydrogen) atoms. The molecule has 0 spiro atoms. The molecule has 1 fully saturated rings. The Morgan fingerprint density at radius 3 is 2.94 bits per heavy atom. The van der Waals surface area contributed by atoms with Gasteiger partial charge >= 0.3 is 0 Å². The largest absolute Gasteiger partial charge is 0.494 e. The number of hydrogen-bond acceptors (Lipinski definition) is 2. The van der Waals surface area contributed by atoms with Crippen LogP contribution in [0.25, 0.3) is 0 Å². The van der Waals surface area contributed by atoms with Crippen LogP contribution in [0.5, 0.6) is 0 Å². The Balaban J connectivity index is 1.89. The van der Waals surface area contributed by atoms with E-state index in [0.29, 0.717) is 17.2 Å². The first-order valence-electron chi connectivity index (χ1n) is 5.57. The van der Waals surface area contributed by atoms with Gasteiger partial charge in [-0.2, -0.15) is 0 Å². The fourth-order valence-corrected chi connectivity index (χ4v) is 2.36. The molecule has 2 heterocycles. The third-order valence-corrected chi connectivity index (χ3v) is 3.63. The van der Waals surface area contributed by atoms with Gasteiger partial charge in [-0.25, -0.2) is 0 Å². The van der Waals surface area contributed by atoms with E-state index in [4.69, 9.17) is 16.3 Å². The maximum absolute atomic E-state index is 12.3. The number of carbonyl (C=O) groups is 1. The number of amides is 1. The third-order valence-electron chi connectivity index (χ3n) is 3.23. The zero-order valence-corrected chi connectivity index (χ0v) is 10.2. The third kappa shape index (κ3) is 1.71. The Morgan fingerprint density at radius 1 is 1.53 bits per heavy atom. The van der Waals surface area contributed by atoms with Gasteiger partial charge in [-0.1, -0.05) is 17.7 Å². The SMILES string of the molecule is Cc1ccc(C(=O)N2C=C3CC2CO3)cc1Cl. The fraction of sp³-hybridized carbons (Fsp3) is 0.308. The molecule has 4 heteroatoms. The zero-order valence-electron chi connectivity index (χ0n) is 9.44. The van der Waals surface area contributed by atoms with Gasteiger partial charge in [-0.3, -0.25) is 4.79 Å². The van der Waals surface area contributed by atoms with Crippen LogP contribution < -0.4 is 0 Å². The van der Waals surface area contributed by atoms with E-state index in [-0.39, 0.29) is 11.9 Å². The molecule has 0 N–H and O–H groups in total. The lowest BCUT2D eigenvalue weighted by Crippen LogP contribution is -2.35. The van der Waals surface area contributed by atoms with Crippen LogP contribution in [0.4, 0.5) is 0 Å². The number of carbonyl (C=O) groups excluding carboxylic acids is 1. The molecule has 2 aliphatic rings. The Kier molecular flexibility index (Phi) is 2.37. The second kappa shape index (κ2) is 3.77. The molecule has 88 valence electrons. The van der Waals surface area contributed by atoms with E-state index in [1.165, 1.54) is 0 Å². The van der Waals surface area contributed by atoms with E-state index in [1.54, 1.807) is 17.2 Å². The summed E-state index contributed by atoms with van der Waals surface area (Å²) < 4.78 is 5.35. The number of fused-ring (bicyclic) bond motifs is 2. The average molecular weight is 250 g/mol. The minimum atomic E-state index is -0.00444. The standard InChI is InChI=1S/C13H12ClNO2/c1-8-2-3-9(4-12(8)14)13(16)15-6-11-5-10(15)7-17-11/h2-4,6,10H,5,7H2,1H3. The molecule has 1 aromatic rings. The molecule has 0 radical (unpaired) electrons. The molecule has 2 bridgehead atoms. The van der Waals surface area contributed by atoms with E-state index >= 15 is 0 Å². The van der Waals surface area contributed by atoms with Gasteiger partial charge in [0.2, 0.25) is 0 Å². The molecular weight excluding hydrogens is 238 g/mol. The Labute approximate surface area is 105 Å². The van der Waals surface area contributed by atoms with Crippen molar-refractivity contribution < 1.29 is 9.53 Å². The monoisotopic (exact) mass is 249 g/mol. The summed E-state index contributed by atoms with van der Waals surface area (Å²) in [6.07, 6.45) is 2.63. The van der Waals surface area contributed by atoms with E-state index in [1.807, 2.05) is 19.1 Å². The highest BCUT2D eigenvalue weighted by Crippen LogP contribution is 2.31. The summed E-state index contributed by atoms with van der Waals surface area (Å²) in [7, 11) is 0. The van der Waals surface area contributed by atoms with E-state index in [9.17, 15) is 4.79 Å². The first-order chi connectivity index (χ1) is 8.15. The molecule has 1 unspecified atom stereocenters. The maximum atomic E-state index is 12.3. The van der Waals surface area contributed by atoms with Gasteiger partial charge < -0.3 is 9.64 Å². The van der Waals surface area contributed by atoms with Crippen molar-refractivity contribution in [3.05, 3.63) is 46.3 Å². The number of rotatable bonds is 1. The van der Waals surface area contributed by atoms with Crippen molar-refractivity contribution in [1.82, 2.24) is 4.90 Å². The molecule has 0 aromatic heterocycles. The molecular formula is C13H12ClNO2. The van der Waals surface area contributed by atoms with E-state index < -0.39 is 0 Å². The first-order valence-corrected chi connectivity index (χ1v) is 5.95. The quantitative estimate of drug-likeness (QED) is 0.766. The van der Waals surface area contributed by atoms with Crippen molar-refractivity contribution in [2.45, 2.75) is 19.4 Å². The molecule has 1 amide bonds. The predicted molar refractivity (Wildman–Crippen MR) is 64.8 cm³/mol. The number of benzene rings is 1. The molecule has 0 aliphatic carbocycles. The van der Waals surface area contributed by atoms with Gasteiger partial charge in [-0.05, 0) is 24.6 Å². The van der Waals surface area contributed by atoms with E-state index in [0.717, 1.165) is 17.7 Å². The van der Waals surface area contributed by atoms with E-state index in [2.05, 4.69) is 0 Å². The van der Waals surface area contributed by atoms with Crippen molar-refractivity contribution in [2.24, 2.45) is 0 Å². The summed E-state index contributed by atoms with van der Waals surface area (Å²) in [4.78, 5) is 14.0. The van der Waals surface area contributed by atoms with Gasteiger partial charge in [0.15, 0.2) is 0 Å². The number of halogens is 1. The first kappa shape index (κ1) is 10.7. The van der Waals surface area contributed by atoms with Crippen molar-refractivity contribution in [1.29, 1.82) is 0 Å². The van der Waals surface area contributed by atoms with Crippen LogP contribution in [0.3, 0.4) is 0 Å². The van der Waals surface area contributed by atoms with Crippen molar-refractivity contribution >= 4 is 17.5 Å². The van der Waals surface area contributed by atoms with Gasteiger partial charge in [-0.15, -0.1) is 0 Å². The summed E-state index contributed by atoms with van der Waals surface area (Å²) in [5, 5.41) is 0.629. The lowest BCUT2D eigenvalue weighted by atomic mass is 10.1. The zero-order chi connectivity index (χ0) is 12.0. The van der Waals surface area contributed by atoms with Crippen molar-refractivity contribution in [2.75, 3.05) is 6.61 Å². The van der Waals surface area contributed by atoms with Crippen LogP contribution in [0, 0.1) is 6.92 Å². The predicted octanol–water partition coefficient (Wildman–Crippen LogP) is 2.73. The summed E-state index contributed by atoms with van der Waals surface area (Å²) >= 11 is 6.03. The fourth-order valence-electron chi connectivity index (χ4n) is 2.18. The second-order valence-corrected chi connectivity index (χ2v) is 4.85. The minimum absolute atomic E-state index is 0.00444. The molecule has 0 saturated carbocycles. The molecule has 1 saturated heterocycles. The summed E-state index contributed by atoms with van der Waals surface area (Å²) in [6.45, 7) is 2.53. The highest BCUT2D eigenvalue weighted by atomic mass is 35.5. The smallest absolute Gasteiger partial charge is 0.258 e. The van der Waals surface area contributed by atoms with Crippen LogP contribution in [0.1, 0.15) is 22.3 Å². The van der Waals surface area contributed by atoms with Gasteiger partial charge in [0.25, 0.3) is 5.91 Å².